The number of alkyl halides is 2. The number of ether oxygens (including phenoxy) is 1. The van der Waals surface area contributed by atoms with Gasteiger partial charge in [0.15, 0.2) is 0 Å². The van der Waals surface area contributed by atoms with E-state index in [1.807, 2.05) is 0 Å². The van der Waals surface area contributed by atoms with E-state index in [4.69, 9.17) is 0 Å². The van der Waals surface area contributed by atoms with Gasteiger partial charge in [0.2, 0.25) is 5.91 Å². The third-order valence-corrected chi connectivity index (χ3v) is 2.69. The summed E-state index contributed by atoms with van der Waals surface area (Å²) in [5.74, 6) is -0.483. The second kappa shape index (κ2) is 6.47. The van der Waals surface area contributed by atoms with Crippen LogP contribution in [0.4, 0.5) is 14.5 Å². The molecule has 0 aliphatic heterocycles. The van der Waals surface area contributed by atoms with Crippen molar-refractivity contribution in [3.8, 4) is 5.75 Å². The Morgan fingerprint density at radius 3 is 2.85 bits per heavy atom. The lowest BCUT2D eigenvalue weighted by Crippen LogP contribution is -2.19. The smallest absolute Gasteiger partial charge is 0.387 e. The van der Waals surface area contributed by atoms with Gasteiger partial charge < -0.3 is 10.1 Å². The molecule has 20 heavy (non-hydrogen) atoms. The summed E-state index contributed by atoms with van der Waals surface area (Å²) in [4.78, 5) is 11.8. The predicted octanol–water partition coefficient (Wildman–Crippen LogP) is 2.89. The zero-order valence-electron chi connectivity index (χ0n) is 10.1. The number of rotatable bonds is 5. The average Bonchev–Trinajstić information content (AvgIpc) is 2.76. The van der Waals surface area contributed by atoms with E-state index in [2.05, 4.69) is 31.1 Å². The molecule has 0 aliphatic rings. The molecule has 1 amide bonds. The molecule has 2 rings (SSSR count). The van der Waals surface area contributed by atoms with E-state index in [0.29, 0.717) is 0 Å². The number of nitrogens with zero attached hydrogens (tertiary/aromatic N) is 2. The zero-order valence-corrected chi connectivity index (χ0v) is 11.7. The van der Waals surface area contributed by atoms with Gasteiger partial charge in [-0.25, -0.2) is 0 Å². The normalized spacial score (nSPS) is 10.6. The summed E-state index contributed by atoms with van der Waals surface area (Å²) in [6.07, 6.45) is 3.17. The van der Waals surface area contributed by atoms with E-state index < -0.39 is 12.5 Å². The number of carbonyl (C=O) groups excluding carboxylic acids is 1. The summed E-state index contributed by atoms with van der Waals surface area (Å²) < 4.78 is 30.9. The maximum Gasteiger partial charge on any atom is 0.387 e. The van der Waals surface area contributed by atoms with Crippen molar-refractivity contribution < 1.29 is 18.3 Å². The van der Waals surface area contributed by atoms with Crippen LogP contribution in [0.1, 0.15) is 0 Å². The Morgan fingerprint density at radius 2 is 2.20 bits per heavy atom. The van der Waals surface area contributed by atoms with Gasteiger partial charge in [0, 0.05) is 6.20 Å². The Bertz CT molecular complexity index is 604. The fourth-order valence-corrected chi connectivity index (χ4v) is 1.86. The molecule has 1 N–H and O–H groups in total. The number of halogens is 3. The van der Waals surface area contributed by atoms with E-state index in [0.717, 1.165) is 4.47 Å². The van der Waals surface area contributed by atoms with Crippen LogP contribution in [0, 0.1) is 0 Å². The molecule has 0 atom stereocenters. The van der Waals surface area contributed by atoms with Gasteiger partial charge in [-0.1, -0.05) is 12.1 Å². The molecule has 0 unspecified atom stereocenters. The third-order valence-electron chi connectivity index (χ3n) is 2.28. The summed E-state index contributed by atoms with van der Waals surface area (Å²) in [7, 11) is 0. The van der Waals surface area contributed by atoms with E-state index in [9.17, 15) is 13.6 Å². The van der Waals surface area contributed by atoms with E-state index in [-0.39, 0.29) is 18.0 Å². The van der Waals surface area contributed by atoms with Gasteiger partial charge >= 0.3 is 6.61 Å². The summed E-state index contributed by atoms with van der Waals surface area (Å²) in [6.45, 7) is -2.98. The third kappa shape index (κ3) is 4.02. The molecule has 0 aliphatic carbocycles. The summed E-state index contributed by atoms with van der Waals surface area (Å²) >= 11 is 3.21. The van der Waals surface area contributed by atoms with Crippen molar-refractivity contribution in [3.05, 3.63) is 41.1 Å². The first-order chi connectivity index (χ1) is 9.54. The molecule has 8 heteroatoms. The summed E-state index contributed by atoms with van der Waals surface area (Å²) in [6, 6.07) is 5.98. The number of aromatic nitrogens is 2. The van der Waals surface area contributed by atoms with E-state index in [1.54, 1.807) is 18.5 Å². The van der Waals surface area contributed by atoms with Crippen LogP contribution in [-0.2, 0) is 11.3 Å². The molecule has 0 spiro atoms. The number of hydrogen-bond donors (Lipinski definition) is 1. The van der Waals surface area contributed by atoms with Crippen LogP contribution in [0.25, 0.3) is 0 Å². The summed E-state index contributed by atoms with van der Waals surface area (Å²) in [5.41, 5.74) is 0.184. The van der Waals surface area contributed by atoms with Crippen molar-refractivity contribution in [1.29, 1.82) is 0 Å². The first-order valence-electron chi connectivity index (χ1n) is 5.56. The van der Waals surface area contributed by atoms with Gasteiger partial charge in [0.1, 0.15) is 12.3 Å². The van der Waals surface area contributed by atoms with Gasteiger partial charge in [-0.05, 0) is 28.1 Å². The Labute approximate surface area is 121 Å². The lowest BCUT2D eigenvalue weighted by atomic mass is 10.3. The van der Waals surface area contributed by atoms with Crippen molar-refractivity contribution in [2.24, 2.45) is 0 Å². The van der Waals surface area contributed by atoms with E-state index >= 15 is 0 Å². The van der Waals surface area contributed by atoms with E-state index in [1.165, 1.54) is 22.9 Å². The highest BCUT2D eigenvalue weighted by molar-refractivity contribution is 9.10. The minimum Gasteiger partial charge on any atom is -0.433 e. The van der Waals surface area contributed by atoms with Crippen LogP contribution in [0.15, 0.2) is 41.1 Å². The molecule has 1 aromatic carbocycles. The Hall–Kier alpha value is -1.96. The van der Waals surface area contributed by atoms with Crippen LogP contribution in [0.2, 0.25) is 0 Å². The van der Waals surface area contributed by atoms with Crippen molar-refractivity contribution in [2.75, 3.05) is 5.32 Å². The molecular weight excluding hydrogens is 336 g/mol. The first kappa shape index (κ1) is 14.4. The number of amides is 1. The quantitative estimate of drug-likeness (QED) is 0.906. The summed E-state index contributed by atoms with van der Waals surface area (Å²) in [5, 5.41) is 6.43. The second-order valence-electron chi connectivity index (χ2n) is 3.78. The molecule has 0 radical (unpaired) electrons. The Morgan fingerprint density at radius 1 is 1.45 bits per heavy atom. The van der Waals surface area contributed by atoms with Crippen LogP contribution < -0.4 is 10.1 Å². The van der Waals surface area contributed by atoms with Crippen molar-refractivity contribution in [3.63, 3.8) is 0 Å². The van der Waals surface area contributed by atoms with Crippen molar-refractivity contribution in [1.82, 2.24) is 9.78 Å². The topological polar surface area (TPSA) is 56.2 Å². The maximum absolute atomic E-state index is 12.2. The molecule has 1 aromatic heterocycles. The molecule has 5 nitrogen and oxygen atoms in total. The Kier molecular flexibility index (Phi) is 4.67. The first-order valence-corrected chi connectivity index (χ1v) is 6.35. The highest BCUT2D eigenvalue weighted by atomic mass is 79.9. The number of carbonyl (C=O) groups is 1. The highest BCUT2D eigenvalue weighted by Crippen LogP contribution is 2.25. The molecule has 1 heterocycles. The number of nitrogens with one attached hydrogen (secondary N) is 1. The fourth-order valence-electron chi connectivity index (χ4n) is 1.53. The van der Waals surface area contributed by atoms with Crippen LogP contribution in [-0.4, -0.2) is 22.3 Å². The average molecular weight is 346 g/mol. The van der Waals surface area contributed by atoms with Crippen LogP contribution in [0.3, 0.4) is 0 Å². The fraction of sp³-hybridized carbons (Fsp3) is 0.167. The largest absolute Gasteiger partial charge is 0.433 e. The lowest BCUT2D eigenvalue weighted by Gasteiger charge is -2.11. The number of para-hydroxylation sites is 2. The molecular formula is C12H10BrF2N3O2. The zero-order chi connectivity index (χ0) is 14.5. The van der Waals surface area contributed by atoms with Gasteiger partial charge in [-0.15, -0.1) is 0 Å². The monoisotopic (exact) mass is 345 g/mol. The molecule has 0 fully saturated rings. The second-order valence-corrected chi connectivity index (χ2v) is 4.69. The van der Waals surface area contributed by atoms with Gasteiger partial charge in [0.05, 0.1) is 16.4 Å². The highest BCUT2D eigenvalue weighted by Gasteiger charge is 2.12. The number of hydrogen-bond acceptors (Lipinski definition) is 3. The molecule has 0 saturated carbocycles. The number of benzene rings is 1. The SMILES string of the molecule is O=C(Cn1cc(Br)cn1)Nc1ccccc1OC(F)F. The molecule has 0 saturated heterocycles. The molecule has 2 aromatic rings. The van der Waals surface area contributed by atoms with Crippen LogP contribution >= 0.6 is 15.9 Å². The maximum atomic E-state index is 12.2. The standard InChI is InChI=1S/C12H10BrF2N3O2/c13-8-5-16-18(6-8)7-11(19)17-9-3-1-2-4-10(9)20-12(14)15/h1-6,12H,7H2,(H,17,19). The van der Waals surface area contributed by atoms with Gasteiger partial charge in [-0.2, -0.15) is 13.9 Å². The molecule has 106 valence electrons. The van der Waals surface area contributed by atoms with Crippen molar-refractivity contribution in [2.45, 2.75) is 13.2 Å². The molecule has 0 bridgehead atoms. The predicted molar refractivity (Wildman–Crippen MR) is 71.6 cm³/mol. The van der Waals surface area contributed by atoms with Gasteiger partial charge in [0.25, 0.3) is 0 Å². The number of anilines is 1. The van der Waals surface area contributed by atoms with Gasteiger partial charge in [-0.3, -0.25) is 9.48 Å². The minimum absolute atomic E-state index is 0.0331. The minimum atomic E-state index is -2.95. The van der Waals surface area contributed by atoms with Crippen LogP contribution in [0.5, 0.6) is 5.75 Å². The Balaban J connectivity index is 2.04. The lowest BCUT2D eigenvalue weighted by molar-refractivity contribution is -0.117. The van der Waals surface area contributed by atoms with Crippen molar-refractivity contribution >= 4 is 27.5 Å².